The summed E-state index contributed by atoms with van der Waals surface area (Å²) in [6.07, 6.45) is 0. The first-order chi connectivity index (χ1) is 7.51. The van der Waals surface area contributed by atoms with Crippen molar-refractivity contribution in [2.45, 2.75) is 6.92 Å². The minimum Gasteiger partial charge on any atom is -0.493 e. The maximum absolute atomic E-state index is 13.5. The van der Waals surface area contributed by atoms with E-state index >= 15 is 0 Å². The molecule has 0 radical (unpaired) electrons. The molecule has 1 rings (SSSR count). The van der Waals surface area contributed by atoms with Gasteiger partial charge in [0.1, 0.15) is 0 Å². The molecule has 0 atom stereocenters. The minimum absolute atomic E-state index is 0.0231. The quantitative estimate of drug-likeness (QED) is 0.454. The van der Waals surface area contributed by atoms with E-state index in [0.29, 0.717) is 5.56 Å². The van der Waals surface area contributed by atoms with Crippen molar-refractivity contribution >= 4 is 11.6 Å². The number of hydrogen-bond acceptors (Lipinski definition) is 4. The lowest BCUT2D eigenvalue weighted by Crippen LogP contribution is -2.25. The molecule has 0 saturated heterocycles. The second-order valence-corrected chi connectivity index (χ2v) is 3.14. The van der Waals surface area contributed by atoms with E-state index in [2.05, 4.69) is 5.16 Å². The van der Waals surface area contributed by atoms with Gasteiger partial charge in [-0.25, -0.2) is 4.39 Å². The van der Waals surface area contributed by atoms with Crippen molar-refractivity contribution < 1.29 is 19.1 Å². The third-order valence-corrected chi connectivity index (χ3v) is 1.98. The largest absolute Gasteiger partial charge is 0.493 e. The Bertz CT molecular complexity index is 458. The number of carbonyl (C=O) groups excluding carboxylic acids is 1. The molecule has 0 aliphatic carbocycles. The second-order valence-electron chi connectivity index (χ2n) is 3.14. The number of nitrogens with zero attached hydrogens (tertiary/aromatic N) is 1. The molecule has 3 N–H and O–H groups in total. The molecule has 1 aromatic carbocycles. The number of oxime groups is 1. The first-order valence-electron chi connectivity index (χ1n) is 4.37. The van der Waals surface area contributed by atoms with E-state index < -0.39 is 17.4 Å². The van der Waals surface area contributed by atoms with Gasteiger partial charge in [0.05, 0.1) is 12.7 Å². The van der Waals surface area contributed by atoms with Gasteiger partial charge in [-0.3, -0.25) is 4.79 Å². The van der Waals surface area contributed by atoms with Crippen LogP contribution in [0.25, 0.3) is 0 Å². The Balaban J connectivity index is 3.47. The van der Waals surface area contributed by atoms with Gasteiger partial charge >= 0.3 is 0 Å². The lowest BCUT2D eigenvalue weighted by molar-refractivity contribution is -0.112. The zero-order valence-corrected chi connectivity index (χ0v) is 8.82. The van der Waals surface area contributed by atoms with Crippen molar-refractivity contribution in [3.8, 4) is 5.75 Å². The average molecular weight is 226 g/mol. The van der Waals surface area contributed by atoms with Crippen LogP contribution in [0.5, 0.6) is 5.75 Å². The maximum Gasteiger partial charge on any atom is 0.271 e. The Kier molecular flexibility index (Phi) is 3.44. The van der Waals surface area contributed by atoms with Crippen molar-refractivity contribution in [3.05, 3.63) is 29.1 Å². The van der Waals surface area contributed by atoms with Crippen LogP contribution < -0.4 is 10.5 Å². The molecule has 0 aliphatic rings. The number of hydrogen-bond donors (Lipinski definition) is 2. The molecule has 1 aromatic rings. The molecule has 5 nitrogen and oxygen atoms in total. The highest BCUT2D eigenvalue weighted by molar-refractivity contribution is 6.45. The van der Waals surface area contributed by atoms with E-state index in [1.165, 1.54) is 19.2 Å². The number of nitrogens with two attached hydrogens (primary N) is 1. The Morgan fingerprint density at radius 3 is 2.62 bits per heavy atom. The van der Waals surface area contributed by atoms with E-state index in [1.54, 1.807) is 6.92 Å². The molecule has 0 bridgehead atoms. The van der Waals surface area contributed by atoms with Gasteiger partial charge in [-0.1, -0.05) is 5.16 Å². The molecule has 6 heteroatoms. The number of methoxy groups -OCH3 is 1. The van der Waals surface area contributed by atoms with Crippen LogP contribution in [0.15, 0.2) is 17.3 Å². The Labute approximate surface area is 91.3 Å². The molecule has 16 heavy (non-hydrogen) atoms. The van der Waals surface area contributed by atoms with E-state index in [0.717, 1.165) is 0 Å². The molecule has 0 aliphatic heterocycles. The normalized spacial score (nSPS) is 11.3. The number of aryl methyl sites for hydroxylation is 1. The van der Waals surface area contributed by atoms with Gasteiger partial charge in [-0.05, 0) is 24.6 Å². The predicted octanol–water partition coefficient (Wildman–Crippen LogP) is 0.806. The van der Waals surface area contributed by atoms with E-state index in [4.69, 9.17) is 15.7 Å². The fourth-order valence-electron chi connectivity index (χ4n) is 1.35. The third kappa shape index (κ3) is 2.10. The number of carbonyl (C=O) groups is 1. The lowest BCUT2D eigenvalue weighted by Gasteiger charge is -2.09. The number of primary amides is 1. The Morgan fingerprint density at radius 2 is 2.19 bits per heavy atom. The molecule has 0 fully saturated rings. The van der Waals surface area contributed by atoms with Gasteiger partial charge in [0.15, 0.2) is 17.3 Å². The molecular weight excluding hydrogens is 215 g/mol. The SMILES string of the molecule is COc1c(F)cc(C)cc1C(=NO)C(N)=O. The van der Waals surface area contributed by atoms with Crippen LogP contribution in [0.2, 0.25) is 0 Å². The molecule has 0 heterocycles. The van der Waals surface area contributed by atoms with Gasteiger partial charge in [-0.15, -0.1) is 0 Å². The highest BCUT2D eigenvalue weighted by atomic mass is 19.1. The standard InChI is InChI=1S/C10H11FN2O3/c1-5-3-6(8(13-15)10(12)14)9(16-2)7(11)4-5/h3-4,15H,1-2H3,(H2,12,14). The Hall–Kier alpha value is -2.11. The average Bonchev–Trinajstić information content (AvgIpc) is 2.17. The second kappa shape index (κ2) is 4.61. The molecule has 1 amide bonds. The summed E-state index contributed by atoms with van der Waals surface area (Å²) in [4.78, 5) is 11.0. The zero-order chi connectivity index (χ0) is 12.3. The van der Waals surface area contributed by atoms with Gasteiger partial charge in [0.25, 0.3) is 5.91 Å². The summed E-state index contributed by atoms with van der Waals surface area (Å²) in [7, 11) is 1.24. The minimum atomic E-state index is -0.967. The summed E-state index contributed by atoms with van der Waals surface area (Å²) in [6, 6.07) is 2.68. The summed E-state index contributed by atoms with van der Waals surface area (Å²) in [5, 5.41) is 11.4. The molecule has 0 unspecified atom stereocenters. The third-order valence-electron chi connectivity index (χ3n) is 1.98. The van der Waals surface area contributed by atoms with Crippen LogP contribution in [0.1, 0.15) is 11.1 Å². The molecule has 0 saturated carbocycles. The van der Waals surface area contributed by atoms with Crippen molar-refractivity contribution in [2.24, 2.45) is 10.9 Å². The predicted molar refractivity (Wildman–Crippen MR) is 55.2 cm³/mol. The van der Waals surface area contributed by atoms with Crippen molar-refractivity contribution in [3.63, 3.8) is 0 Å². The van der Waals surface area contributed by atoms with E-state index in [-0.39, 0.29) is 11.3 Å². The van der Waals surface area contributed by atoms with Crippen molar-refractivity contribution in [2.75, 3.05) is 7.11 Å². The molecule has 86 valence electrons. The van der Waals surface area contributed by atoms with Crippen molar-refractivity contribution in [1.29, 1.82) is 0 Å². The molecule has 0 aromatic heterocycles. The number of rotatable bonds is 3. The summed E-state index contributed by atoms with van der Waals surface area (Å²) < 4.78 is 18.2. The van der Waals surface area contributed by atoms with Crippen LogP contribution in [0.3, 0.4) is 0 Å². The van der Waals surface area contributed by atoms with Crippen LogP contribution in [-0.2, 0) is 4.79 Å². The van der Waals surface area contributed by atoms with Gasteiger partial charge in [-0.2, -0.15) is 0 Å². The number of benzene rings is 1. The summed E-state index contributed by atoms with van der Waals surface area (Å²) >= 11 is 0. The van der Waals surface area contributed by atoms with Crippen molar-refractivity contribution in [1.82, 2.24) is 0 Å². The van der Waals surface area contributed by atoms with Crippen LogP contribution in [0.4, 0.5) is 4.39 Å². The highest BCUT2D eigenvalue weighted by Crippen LogP contribution is 2.24. The van der Waals surface area contributed by atoms with Gasteiger partial charge < -0.3 is 15.7 Å². The summed E-state index contributed by atoms with van der Waals surface area (Å²) in [5.41, 5.74) is 5.13. The topological polar surface area (TPSA) is 84.9 Å². The van der Waals surface area contributed by atoms with E-state index in [1.807, 2.05) is 0 Å². The molecular formula is C10H11FN2O3. The van der Waals surface area contributed by atoms with Crippen LogP contribution in [-0.4, -0.2) is 23.9 Å². The first-order valence-corrected chi connectivity index (χ1v) is 4.37. The first kappa shape index (κ1) is 12.0. The van der Waals surface area contributed by atoms with Crippen LogP contribution >= 0.6 is 0 Å². The fourth-order valence-corrected chi connectivity index (χ4v) is 1.35. The number of amides is 1. The monoisotopic (exact) mass is 226 g/mol. The smallest absolute Gasteiger partial charge is 0.271 e. The van der Waals surface area contributed by atoms with E-state index in [9.17, 15) is 9.18 Å². The van der Waals surface area contributed by atoms with Gasteiger partial charge in [0.2, 0.25) is 0 Å². The Morgan fingerprint density at radius 1 is 1.56 bits per heavy atom. The highest BCUT2D eigenvalue weighted by Gasteiger charge is 2.19. The molecule has 0 spiro atoms. The number of halogens is 1. The fraction of sp³-hybridized carbons (Fsp3) is 0.200. The van der Waals surface area contributed by atoms with Crippen LogP contribution in [0, 0.1) is 12.7 Å². The summed E-state index contributed by atoms with van der Waals surface area (Å²) in [5.74, 6) is -1.80. The zero-order valence-electron chi connectivity index (χ0n) is 8.82. The maximum atomic E-state index is 13.5. The lowest BCUT2D eigenvalue weighted by atomic mass is 10.0. The number of ether oxygens (including phenoxy) is 1. The van der Waals surface area contributed by atoms with Gasteiger partial charge in [0, 0.05) is 0 Å². The summed E-state index contributed by atoms with van der Waals surface area (Å²) in [6.45, 7) is 1.63.